The second-order valence-electron chi connectivity index (χ2n) is 4.09. The highest BCUT2D eigenvalue weighted by atomic mass is 19.1. The first kappa shape index (κ1) is 14.4. The van der Waals surface area contributed by atoms with Crippen LogP contribution in [0.2, 0.25) is 0 Å². The number of carbonyl (C=O) groups is 1. The molecule has 0 aliphatic heterocycles. The minimum atomic E-state index is -0.541. The summed E-state index contributed by atoms with van der Waals surface area (Å²) in [6.45, 7) is 2.04. The van der Waals surface area contributed by atoms with Crippen LogP contribution in [0.3, 0.4) is 0 Å². The van der Waals surface area contributed by atoms with E-state index < -0.39 is 11.9 Å². The van der Waals surface area contributed by atoms with Gasteiger partial charge in [0, 0.05) is 11.8 Å². The Balaban J connectivity index is 2.64. The summed E-state index contributed by atoms with van der Waals surface area (Å²) in [5.41, 5.74) is 6.21. The van der Waals surface area contributed by atoms with Gasteiger partial charge < -0.3 is 15.8 Å². The summed E-state index contributed by atoms with van der Waals surface area (Å²) in [5.74, 6) is -0.641. The highest BCUT2D eigenvalue weighted by Gasteiger charge is 2.13. The highest BCUT2D eigenvalue weighted by molar-refractivity contribution is 5.94. The molecule has 0 bridgehead atoms. The van der Waals surface area contributed by atoms with E-state index in [2.05, 4.69) is 5.32 Å². The van der Waals surface area contributed by atoms with Crippen molar-refractivity contribution in [2.24, 2.45) is 5.73 Å². The van der Waals surface area contributed by atoms with E-state index >= 15 is 0 Å². The molecule has 0 saturated carbocycles. The standard InChI is InChI=1S/C13H19FN2O2/c1-3-4-5-11(15)13(17)16-9-6-7-10(14)12(8-9)18-2/h6-8,11H,3-5,15H2,1-2H3,(H,16,17)/t11-/m0/s1. The van der Waals surface area contributed by atoms with Crippen LogP contribution in [0.5, 0.6) is 5.75 Å². The molecule has 18 heavy (non-hydrogen) atoms. The molecule has 0 unspecified atom stereocenters. The third kappa shape index (κ3) is 4.00. The van der Waals surface area contributed by atoms with Gasteiger partial charge in [0.25, 0.3) is 0 Å². The van der Waals surface area contributed by atoms with Crippen LogP contribution in [-0.4, -0.2) is 19.1 Å². The summed E-state index contributed by atoms with van der Waals surface area (Å²) in [7, 11) is 1.37. The summed E-state index contributed by atoms with van der Waals surface area (Å²) < 4.78 is 18.0. The quantitative estimate of drug-likeness (QED) is 0.818. The predicted molar refractivity (Wildman–Crippen MR) is 69.1 cm³/mol. The van der Waals surface area contributed by atoms with Gasteiger partial charge in [-0.05, 0) is 18.6 Å². The van der Waals surface area contributed by atoms with Gasteiger partial charge in [0.1, 0.15) is 0 Å². The van der Waals surface area contributed by atoms with Gasteiger partial charge in [-0.15, -0.1) is 0 Å². The molecule has 100 valence electrons. The molecule has 3 N–H and O–H groups in total. The van der Waals surface area contributed by atoms with Crippen molar-refractivity contribution in [3.8, 4) is 5.75 Å². The van der Waals surface area contributed by atoms with Crippen LogP contribution >= 0.6 is 0 Å². The minimum absolute atomic E-state index is 0.0925. The van der Waals surface area contributed by atoms with Gasteiger partial charge in [-0.25, -0.2) is 4.39 Å². The second kappa shape index (κ2) is 6.96. The van der Waals surface area contributed by atoms with E-state index in [1.807, 2.05) is 6.92 Å². The fraction of sp³-hybridized carbons (Fsp3) is 0.462. The Morgan fingerprint density at radius 3 is 2.89 bits per heavy atom. The molecular formula is C13H19FN2O2. The maximum absolute atomic E-state index is 13.2. The van der Waals surface area contributed by atoms with E-state index in [1.165, 1.54) is 25.3 Å². The Morgan fingerprint density at radius 1 is 1.56 bits per heavy atom. The van der Waals surface area contributed by atoms with Gasteiger partial charge in [0.05, 0.1) is 13.2 Å². The number of anilines is 1. The lowest BCUT2D eigenvalue weighted by Gasteiger charge is -2.12. The Kier molecular flexibility index (Phi) is 5.58. The summed E-state index contributed by atoms with van der Waals surface area (Å²) in [6.07, 6.45) is 2.54. The Morgan fingerprint density at radius 2 is 2.28 bits per heavy atom. The van der Waals surface area contributed by atoms with E-state index in [0.717, 1.165) is 12.8 Å². The van der Waals surface area contributed by atoms with Crippen molar-refractivity contribution in [3.63, 3.8) is 0 Å². The third-order valence-corrected chi connectivity index (χ3v) is 2.62. The van der Waals surface area contributed by atoms with Crippen LogP contribution < -0.4 is 15.8 Å². The molecule has 0 radical (unpaired) electrons. The molecule has 0 aliphatic rings. The fourth-order valence-corrected chi connectivity index (χ4v) is 1.53. The molecule has 4 nitrogen and oxygen atoms in total. The first-order valence-corrected chi connectivity index (χ1v) is 5.98. The Hall–Kier alpha value is -1.62. The Labute approximate surface area is 106 Å². The van der Waals surface area contributed by atoms with Crippen LogP contribution in [0.25, 0.3) is 0 Å². The zero-order valence-corrected chi connectivity index (χ0v) is 10.7. The van der Waals surface area contributed by atoms with Crippen molar-refractivity contribution in [1.29, 1.82) is 0 Å². The van der Waals surface area contributed by atoms with Crippen LogP contribution in [0.1, 0.15) is 26.2 Å². The number of unbranched alkanes of at least 4 members (excludes halogenated alkanes) is 1. The van der Waals surface area contributed by atoms with Gasteiger partial charge in [0.2, 0.25) is 5.91 Å². The molecule has 1 amide bonds. The second-order valence-corrected chi connectivity index (χ2v) is 4.09. The molecule has 1 atom stereocenters. The highest BCUT2D eigenvalue weighted by Crippen LogP contribution is 2.21. The number of hydrogen-bond acceptors (Lipinski definition) is 3. The monoisotopic (exact) mass is 254 g/mol. The summed E-state index contributed by atoms with van der Waals surface area (Å²) in [4.78, 5) is 11.7. The molecule has 1 aromatic carbocycles. The van der Waals surface area contributed by atoms with E-state index in [4.69, 9.17) is 10.5 Å². The fourth-order valence-electron chi connectivity index (χ4n) is 1.53. The number of methoxy groups -OCH3 is 1. The first-order valence-electron chi connectivity index (χ1n) is 5.98. The van der Waals surface area contributed by atoms with Gasteiger partial charge in [-0.1, -0.05) is 19.8 Å². The van der Waals surface area contributed by atoms with E-state index in [0.29, 0.717) is 12.1 Å². The summed E-state index contributed by atoms with van der Waals surface area (Å²) >= 11 is 0. The zero-order valence-electron chi connectivity index (χ0n) is 10.7. The number of halogens is 1. The smallest absolute Gasteiger partial charge is 0.241 e. The molecule has 0 saturated heterocycles. The van der Waals surface area contributed by atoms with Gasteiger partial charge in [0.15, 0.2) is 11.6 Å². The molecule has 5 heteroatoms. The van der Waals surface area contributed by atoms with Crippen molar-refractivity contribution in [2.45, 2.75) is 32.2 Å². The van der Waals surface area contributed by atoms with Crippen LogP contribution in [0, 0.1) is 5.82 Å². The van der Waals surface area contributed by atoms with E-state index in [-0.39, 0.29) is 11.7 Å². The lowest BCUT2D eigenvalue weighted by molar-refractivity contribution is -0.117. The van der Waals surface area contributed by atoms with Crippen LogP contribution in [-0.2, 0) is 4.79 Å². The number of rotatable bonds is 6. The first-order chi connectivity index (χ1) is 8.58. The van der Waals surface area contributed by atoms with Gasteiger partial charge in [-0.2, -0.15) is 0 Å². The molecular weight excluding hydrogens is 235 g/mol. The zero-order chi connectivity index (χ0) is 13.5. The average molecular weight is 254 g/mol. The number of nitrogens with two attached hydrogens (primary N) is 1. The Bertz CT molecular complexity index is 410. The van der Waals surface area contributed by atoms with Crippen LogP contribution in [0.15, 0.2) is 18.2 Å². The van der Waals surface area contributed by atoms with Gasteiger partial charge in [-0.3, -0.25) is 4.79 Å². The van der Waals surface area contributed by atoms with E-state index in [1.54, 1.807) is 0 Å². The lowest BCUT2D eigenvalue weighted by Crippen LogP contribution is -2.35. The molecule has 0 spiro atoms. The van der Waals surface area contributed by atoms with Crippen molar-refractivity contribution >= 4 is 11.6 Å². The number of carbonyl (C=O) groups excluding carboxylic acids is 1. The normalized spacial score (nSPS) is 12.0. The molecule has 0 fully saturated rings. The lowest BCUT2D eigenvalue weighted by atomic mass is 10.1. The summed E-state index contributed by atoms with van der Waals surface area (Å²) in [5, 5.41) is 2.64. The SMILES string of the molecule is CCCC[C@H](N)C(=O)Nc1ccc(F)c(OC)c1. The molecule has 0 aliphatic carbocycles. The maximum Gasteiger partial charge on any atom is 0.241 e. The van der Waals surface area contributed by atoms with Crippen LogP contribution in [0.4, 0.5) is 10.1 Å². The third-order valence-electron chi connectivity index (χ3n) is 2.62. The number of hydrogen-bond donors (Lipinski definition) is 2. The maximum atomic E-state index is 13.2. The average Bonchev–Trinajstić information content (AvgIpc) is 2.37. The van der Waals surface area contributed by atoms with Crippen molar-refractivity contribution in [1.82, 2.24) is 0 Å². The number of amides is 1. The minimum Gasteiger partial charge on any atom is -0.494 e. The largest absolute Gasteiger partial charge is 0.494 e. The van der Waals surface area contributed by atoms with Gasteiger partial charge >= 0.3 is 0 Å². The molecule has 1 aromatic rings. The van der Waals surface area contributed by atoms with Crippen molar-refractivity contribution in [2.75, 3.05) is 12.4 Å². The summed E-state index contributed by atoms with van der Waals surface area (Å²) in [6, 6.07) is 3.61. The van der Waals surface area contributed by atoms with E-state index in [9.17, 15) is 9.18 Å². The molecule has 0 aromatic heterocycles. The number of benzene rings is 1. The number of ether oxygens (including phenoxy) is 1. The topological polar surface area (TPSA) is 64.4 Å². The number of nitrogens with one attached hydrogen (secondary N) is 1. The molecule has 0 heterocycles. The molecule has 1 rings (SSSR count). The predicted octanol–water partition coefficient (Wildman–Crippen LogP) is 2.29. The van der Waals surface area contributed by atoms with Crippen molar-refractivity contribution < 1.29 is 13.9 Å². The van der Waals surface area contributed by atoms with Crippen molar-refractivity contribution in [3.05, 3.63) is 24.0 Å².